The molecule has 3 aliphatic heterocycles. The van der Waals surface area contributed by atoms with Crippen LogP contribution in [0.1, 0.15) is 23.2 Å². The molecule has 0 unspecified atom stereocenters. The van der Waals surface area contributed by atoms with E-state index in [1.54, 1.807) is 0 Å². The van der Waals surface area contributed by atoms with Gasteiger partial charge in [-0.2, -0.15) is 0 Å². The van der Waals surface area contributed by atoms with Gasteiger partial charge in [0.1, 0.15) is 13.2 Å². The van der Waals surface area contributed by atoms with Crippen molar-refractivity contribution in [1.29, 1.82) is 0 Å². The molecule has 2 fully saturated rings. The molecule has 2 saturated heterocycles. The third-order valence-electron chi connectivity index (χ3n) is 5.10. The van der Waals surface area contributed by atoms with Gasteiger partial charge in [-0.3, -0.25) is 4.79 Å². The van der Waals surface area contributed by atoms with Gasteiger partial charge in [-0.1, -0.05) is 6.07 Å². The van der Waals surface area contributed by atoms with Crippen LogP contribution in [-0.2, 0) is 0 Å². The summed E-state index contributed by atoms with van der Waals surface area (Å²) in [6.45, 7) is 4.94. The SMILES string of the molecule is O=C(c1cccc2c1OCCO2)N1CC[C@@H]2CNC[C@@H]2CC1. The summed E-state index contributed by atoms with van der Waals surface area (Å²) < 4.78 is 11.3. The van der Waals surface area contributed by atoms with Gasteiger partial charge in [0.05, 0.1) is 5.56 Å². The molecule has 22 heavy (non-hydrogen) atoms. The van der Waals surface area contributed by atoms with E-state index >= 15 is 0 Å². The second-order valence-corrected chi connectivity index (χ2v) is 6.38. The maximum absolute atomic E-state index is 12.9. The number of likely N-dealkylation sites (tertiary alicyclic amines) is 1. The zero-order chi connectivity index (χ0) is 14.9. The molecule has 0 saturated carbocycles. The Bertz CT molecular complexity index is 561. The highest BCUT2D eigenvalue weighted by atomic mass is 16.6. The van der Waals surface area contributed by atoms with Crippen LogP contribution in [0.2, 0.25) is 0 Å². The Kier molecular flexibility index (Phi) is 3.66. The monoisotopic (exact) mass is 302 g/mol. The third-order valence-corrected chi connectivity index (χ3v) is 5.10. The summed E-state index contributed by atoms with van der Waals surface area (Å²) in [4.78, 5) is 14.9. The van der Waals surface area contributed by atoms with Gasteiger partial charge in [-0.25, -0.2) is 0 Å². The summed E-state index contributed by atoms with van der Waals surface area (Å²) in [6.07, 6.45) is 2.19. The van der Waals surface area contributed by atoms with Crippen LogP contribution >= 0.6 is 0 Å². The van der Waals surface area contributed by atoms with E-state index in [9.17, 15) is 4.79 Å². The van der Waals surface area contributed by atoms with Gasteiger partial charge in [-0.15, -0.1) is 0 Å². The lowest BCUT2D eigenvalue weighted by molar-refractivity contribution is 0.0748. The largest absolute Gasteiger partial charge is 0.486 e. The van der Waals surface area contributed by atoms with Crippen molar-refractivity contribution in [3.05, 3.63) is 23.8 Å². The first kappa shape index (κ1) is 13.9. The highest BCUT2D eigenvalue weighted by Crippen LogP contribution is 2.35. The number of carbonyl (C=O) groups is 1. The highest BCUT2D eigenvalue weighted by Gasteiger charge is 2.32. The summed E-state index contributed by atoms with van der Waals surface area (Å²) in [5.41, 5.74) is 0.641. The third kappa shape index (κ3) is 2.43. The predicted octanol–water partition coefficient (Wildman–Crippen LogP) is 1.53. The Balaban J connectivity index is 1.54. The van der Waals surface area contributed by atoms with Crippen molar-refractivity contribution in [2.24, 2.45) is 11.8 Å². The van der Waals surface area contributed by atoms with E-state index in [-0.39, 0.29) is 5.91 Å². The zero-order valence-electron chi connectivity index (χ0n) is 12.7. The van der Waals surface area contributed by atoms with Crippen molar-refractivity contribution in [3.63, 3.8) is 0 Å². The fourth-order valence-electron chi connectivity index (χ4n) is 3.83. The Labute approximate surface area is 130 Å². The number of fused-ring (bicyclic) bond motifs is 2. The van der Waals surface area contributed by atoms with Gasteiger partial charge < -0.3 is 19.7 Å². The summed E-state index contributed by atoms with van der Waals surface area (Å²) in [5.74, 6) is 2.83. The molecule has 1 amide bonds. The number of para-hydroxylation sites is 1. The number of rotatable bonds is 1. The zero-order valence-corrected chi connectivity index (χ0v) is 12.7. The molecule has 0 bridgehead atoms. The lowest BCUT2D eigenvalue weighted by atomic mass is 9.92. The molecule has 2 atom stereocenters. The van der Waals surface area contributed by atoms with E-state index in [0.29, 0.717) is 30.3 Å². The second-order valence-electron chi connectivity index (χ2n) is 6.38. The number of nitrogens with one attached hydrogen (secondary N) is 1. The van der Waals surface area contributed by atoms with Crippen molar-refractivity contribution < 1.29 is 14.3 Å². The summed E-state index contributed by atoms with van der Waals surface area (Å²) in [6, 6.07) is 5.59. The van der Waals surface area contributed by atoms with Crippen LogP contribution in [0.25, 0.3) is 0 Å². The average molecular weight is 302 g/mol. The van der Waals surface area contributed by atoms with Gasteiger partial charge in [0.15, 0.2) is 11.5 Å². The molecule has 3 heterocycles. The minimum atomic E-state index is 0.0790. The van der Waals surface area contributed by atoms with Crippen LogP contribution in [0.3, 0.4) is 0 Å². The van der Waals surface area contributed by atoms with Crippen molar-refractivity contribution in [2.45, 2.75) is 12.8 Å². The standard InChI is InChI=1S/C17H22N2O3/c20-17(14-2-1-3-15-16(14)22-9-8-21-15)19-6-4-12-10-18-11-13(12)5-7-19/h1-3,12-13,18H,4-11H2/t12-,13+. The first-order valence-corrected chi connectivity index (χ1v) is 8.21. The highest BCUT2D eigenvalue weighted by molar-refractivity contribution is 5.97. The Morgan fingerprint density at radius 3 is 2.59 bits per heavy atom. The van der Waals surface area contributed by atoms with Crippen LogP contribution in [-0.4, -0.2) is 50.2 Å². The Hall–Kier alpha value is -1.75. The van der Waals surface area contributed by atoms with Crippen molar-refractivity contribution in [3.8, 4) is 11.5 Å². The number of hydrogen-bond donors (Lipinski definition) is 1. The molecule has 1 aromatic carbocycles. The number of carbonyl (C=O) groups excluding carboxylic acids is 1. The number of amides is 1. The fourth-order valence-corrected chi connectivity index (χ4v) is 3.83. The van der Waals surface area contributed by atoms with E-state index in [4.69, 9.17) is 9.47 Å². The van der Waals surface area contributed by atoms with Crippen LogP contribution in [0.5, 0.6) is 11.5 Å². The van der Waals surface area contributed by atoms with E-state index in [2.05, 4.69) is 5.32 Å². The lowest BCUT2D eigenvalue weighted by Gasteiger charge is -2.25. The first-order valence-electron chi connectivity index (χ1n) is 8.21. The first-order chi connectivity index (χ1) is 10.8. The van der Waals surface area contributed by atoms with E-state index < -0.39 is 0 Å². The predicted molar refractivity (Wildman–Crippen MR) is 82.4 cm³/mol. The molecule has 3 aliphatic rings. The minimum Gasteiger partial charge on any atom is -0.486 e. The fraction of sp³-hybridized carbons (Fsp3) is 0.588. The van der Waals surface area contributed by atoms with Gasteiger partial charge in [0.2, 0.25) is 0 Å². The molecule has 1 N–H and O–H groups in total. The molecule has 0 radical (unpaired) electrons. The van der Waals surface area contributed by atoms with Crippen LogP contribution in [0, 0.1) is 11.8 Å². The molecular weight excluding hydrogens is 280 g/mol. The van der Waals surface area contributed by atoms with E-state index in [1.807, 2.05) is 23.1 Å². The number of nitrogens with zero attached hydrogens (tertiary/aromatic N) is 1. The Morgan fingerprint density at radius 2 is 1.82 bits per heavy atom. The maximum atomic E-state index is 12.9. The number of hydrogen-bond acceptors (Lipinski definition) is 4. The van der Waals surface area contributed by atoms with Crippen molar-refractivity contribution >= 4 is 5.91 Å². The van der Waals surface area contributed by atoms with Gasteiger partial charge in [-0.05, 0) is 49.9 Å². The molecule has 5 heteroatoms. The minimum absolute atomic E-state index is 0.0790. The molecular formula is C17H22N2O3. The van der Waals surface area contributed by atoms with E-state index in [0.717, 1.165) is 50.9 Å². The topological polar surface area (TPSA) is 50.8 Å². The summed E-state index contributed by atoms with van der Waals surface area (Å²) >= 11 is 0. The van der Waals surface area contributed by atoms with Crippen LogP contribution < -0.4 is 14.8 Å². The van der Waals surface area contributed by atoms with Crippen molar-refractivity contribution in [2.75, 3.05) is 39.4 Å². The van der Waals surface area contributed by atoms with Gasteiger partial charge >= 0.3 is 0 Å². The van der Waals surface area contributed by atoms with Crippen LogP contribution in [0.4, 0.5) is 0 Å². The summed E-state index contributed by atoms with van der Waals surface area (Å²) in [7, 11) is 0. The molecule has 5 nitrogen and oxygen atoms in total. The summed E-state index contributed by atoms with van der Waals surface area (Å²) in [5, 5.41) is 3.47. The quantitative estimate of drug-likeness (QED) is 0.855. The second kappa shape index (κ2) is 5.80. The lowest BCUT2D eigenvalue weighted by Crippen LogP contribution is -2.33. The smallest absolute Gasteiger partial charge is 0.257 e. The molecule has 0 aliphatic carbocycles. The molecule has 1 aromatic rings. The van der Waals surface area contributed by atoms with E-state index in [1.165, 1.54) is 0 Å². The normalized spacial score (nSPS) is 27.2. The number of ether oxygens (including phenoxy) is 2. The molecule has 0 aromatic heterocycles. The number of benzene rings is 1. The van der Waals surface area contributed by atoms with Gasteiger partial charge in [0, 0.05) is 13.1 Å². The van der Waals surface area contributed by atoms with Crippen molar-refractivity contribution in [1.82, 2.24) is 10.2 Å². The molecule has 0 spiro atoms. The molecule has 4 rings (SSSR count). The average Bonchev–Trinajstić information content (AvgIpc) is 2.92. The maximum Gasteiger partial charge on any atom is 0.257 e. The molecule has 118 valence electrons. The Morgan fingerprint density at radius 1 is 1.09 bits per heavy atom. The van der Waals surface area contributed by atoms with Gasteiger partial charge in [0.25, 0.3) is 5.91 Å². The van der Waals surface area contributed by atoms with Crippen LogP contribution in [0.15, 0.2) is 18.2 Å².